The number of benzene rings is 12. The first-order chi connectivity index (χ1) is 42.6. The predicted octanol–water partition coefficient (Wildman–Crippen LogP) is 20.2. The number of hydrogen-bond acceptors (Lipinski definition) is 3. The van der Waals surface area contributed by atoms with E-state index >= 15 is 0 Å². The minimum Gasteiger partial charge on any atom is -0.275 e. The van der Waals surface area contributed by atoms with Gasteiger partial charge in [0.05, 0.1) is 10.8 Å². The molecule has 4 heteroatoms. The van der Waals surface area contributed by atoms with E-state index in [9.17, 15) is 0 Å². The second-order valence-corrected chi connectivity index (χ2v) is 24.9. The first-order valence-corrected chi connectivity index (χ1v) is 30.8. The van der Waals surface area contributed by atoms with E-state index in [-0.39, 0.29) is 5.92 Å². The summed E-state index contributed by atoms with van der Waals surface area (Å²) in [5.74, 6) is 1.78. The van der Waals surface area contributed by atoms with Gasteiger partial charge in [0, 0.05) is 37.9 Å². The lowest BCUT2D eigenvalue weighted by molar-refractivity contribution is 0.781. The molecule has 0 saturated heterocycles. The van der Waals surface area contributed by atoms with E-state index in [1.165, 1.54) is 132 Å². The van der Waals surface area contributed by atoms with Crippen LogP contribution in [0.3, 0.4) is 0 Å². The van der Waals surface area contributed by atoms with Crippen molar-refractivity contribution in [3.63, 3.8) is 0 Å². The minimum atomic E-state index is -0.448. The van der Waals surface area contributed by atoms with Crippen molar-refractivity contribution >= 4 is 27.5 Å². The number of nitrogens with zero attached hydrogens (tertiary/aromatic N) is 3. The lowest BCUT2D eigenvalue weighted by atomic mass is 9.70. The van der Waals surface area contributed by atoms with E-state index < -0.39 is 10.8 Å². The van der Waals surface area contributed by atoms with Gasteiger partial charge in [0.25, 0.3) is 0 Å². The van der Waals surface area contributed by atoms with Crippen molar-refractivity contribution in [2.24, 2.45) is 0 Å². The Hall–Kier alpha value is -10.5. The molecule has 5 aliphatic carbocycles. The quantitative estimate of drug-likeness (QED) is 0.166. The van der Waals surface area contributed by atoms with Crippen LogP contribution in [0.4, 0.5) is 0 Å². The zero-order valence-electron chi connectivity index (χ0n) is 46.7. The molecule has 0 fully saturated rings. The van der Waals surface area contributed by atoms with Gasteiger partial charge in [-0.25, -0.2) is 0 Å². The van der Waals surface area contributed by atoms with Crippen LogP contribution in [0.1, 0.15) is 66.4 Å². The molecule has 12 aromatic carbocycles. The van der Waals surface area contributed by atoms with E-state index in [0.717, 1.165) is 40.4 Å². The second kappa shape index (κ2) is 18.0. The van der Waals surface area contributed by atoms with Crippen molar-refractivity contribution in [2.75, 3.05) is 0 Å². The van der Waals surface area contributed by atoms with Gasteiger partial charge in [0.1, 0.15) is 0 Å². The van der Waals surface area contributed by atoms with Crippen molar-refractivity contribution in [1.29, 1.82) is 0 Å². The van der Waals surface area contributed by atoms with Gasteiger partial charge in [-0.1, -0.05) is 255 Å². The van der Waals surface area contributed by atoms with E-state index in [0.29, 0.717) is 0 Å². The monoisotopic (exact) mass is 1110 g/mol. The van der Waals surface area contributed by atoms with Crippen LogP contribution >= 0.6 is 11.3 Å². The van der Waals surface area contributed by atoms with Gasteiger partial charge in [-0.05, 0) is 165 Å². The van der Waals surface area contributed by atoms with Crippen molar-refractivity contribution in [3.05, 3.63) is 346 Å². The number of para-hydroxylation sites is 1. The maximum atomic E-state index is 4.90. The number of allylic oxidation sites excluding steroid dienone is 1. The van der Waals surface area contributed by atoms with Crippen LogP contribution in [0.2, 0.25) is 0 Å². The molecule has 400 valence electrons. The summed E-state index contributed by atoms with van der Waals surface area (Å²) < 4.78 is 3.49. The predicted molar refractivity (Wildman–Crippen MR) is 353 cm³/mol. The van der Waals surface area contributed by atoms with Crippen LogP contribution in [0.5, 0.6) is 0 Å². The van der Waals surface area contributed by atoms with Crippen LogP contribution in [-0.4, -0.2) is 14.8 Å². The molecule has 0 saturated carbocycles. The molecule has 0 radical (unpaired) electrons. The SMILES string of the molecule is C1=CC(c2ccc3c(c2)C2(c4ccccc4-c4ccccc42)c2ccccc2-3)Cc2c1sc1c(-c3ccc(-c4nnc(-c5ccccc5)n4-c4ccccc4)cc3)cc(-c3ccc4c(c3)C3(c5ccccc5-c5ccccc53)c3ccccc3-4)cc21. The summed E-state index contributed by atoms with van der Waals surface area (Å²) in [6, 6.07) is 104. The highest BCUT2D eigenvalue weighted by Crippen LogP contribution is 2.65. The van der Waals surface area contributed by atoms with Crippen LogP contribution in [-0.2, 0) is 17.3 Å². The molecule has 0 bridgehead atoms. The molecule has 3 nitrogen and oxygen atoms in total. The van der Waals surface area contributed by atoms with Gasteiger partial charge < -0.3 is 0 Å². The molecule has 5 aliphatic rings. The molecule has 19 rings (SSSR count). The lowest BCUT2D eigenvalue weighted by Crippen LogP contribution is -2.26. The summed E-state index contributed by atoms with van der Waals surface area (Å²) in [6.07, 6.45) is 5.82. The number of aromatic nitrogens is 3. The van der Waals surface area contributed by atoms with Gasteiger partial charge in [0.15, 0.2) is 11.6 Å². The van der Waals surface area contributed by atoms with E-state index in [1.807, 2.05) is 17.4 Å². The first-order valence-electron chi connectivity index (χ1n) is 30.0. The smallest absolute Gasteiger partial charge is 0.168 e. The number of thiophene rings is 1. The maximum absolute atomic E-state index is 4.90. The standard InChI is InChI=1S/C82H51N3S/c1-3-19-51(20-4-1)79-83-84-80(85(79)57-21-5-2-6-22-57)52-37-35-50(36-38-52)66-46-56(55-40-43-65-63-28-12-18-34-74(63)82(76(65)49-55)71-31-15-9-25-60(71)61-26-10-16-32-72(61)82)47-68-67-45-53(41-44-77(67)86-78(66)68)54-39-42-64-62-27-11-17-33-73(62)81(75(64)48-54)69-29-13-7-23-58(69)59-24-8-14-30-70(59)81/h1-44,46-49,53H,45H2. The Balaban J connectivity index is 0.783. The van der Waals surface area contributed by atoms with Crippen LogP contribution < -0.4 is 0 Å². The molecule has 1 atom stereocenters. The summed E-state index contributed by atoms with van der Waals surface area (Å²) in [7, 11) is 0. The number of fused-ring (bicyclic) bond motifs is 23. The minimum absolute atomic E-state index is 0.174. The van der Waals surface area contributed by atoms with E-state index in [2.05, 4.69) is 290 Å². The number of rotatable bonds is 6. The van der Waals surface area contributed by atoms with Gasteiger partial charge >= 0.3 is 0 Å². The fourth-order valence-electron chi connectivity index (χ4n) is 16.2. The molecule has 2 heterocycles. The summed E-state index contributed by atoms with van der Waals surface area (Å²) in [5.41, 5.74) is 31.3. The Labute approximate surface area is 503 Å². The molecule has 14 aromatic rings. The summed E-state index contributed by atoms with van der Waals surface area (Å²) >= 11 is 1.93. The molecule has 1 unspecified atom stereocenters. The summed E-state index contributed by atoms with van der Waals surface area (Å²) in [6.45, 7) is 0. The molecule has 0 amide bonds. The Morgan fingerprint density at radius 1 is 0.337 bits per heavy atom. The van der Waals surface area contributed by atoms with Crippen LogP contribution in [0.25, 0.3) is 111 Å². The van der Waals surface area contributed by atoms with E-state index in [4.69, 9.17) is 10.2 Å². The molecule has 2 aromatic heterocycles. The fraction of sp³-hybridized carbons (Fsp3) is 0.0488. The van der Waals surface area contributed by atoms with Gasteiger partial charge in [-0.2, -0.15) is 0 Å². The summed E-state index contributed by atoms with van der Waals surface area (Å²) in [4.78, 5) is 1.34. The fourth-order valence-corrected chi connectivity index (χ4v) is 17.5. The second-order valence-electron chi connectivity index (χ2n) is 23.8. The Morgan fingerprint density at radius 3 is 1.28 bits per heavy atom. The third-order valence-corrected chi connectivity index (χ3v) is 21.0. The highest BCUT2D eigenvalue weighted by molar-refractivity contribution is 7.20. The summed E-state index contributed by atoms with van der Waals surface area (Å²) in [5, 5.41) is 11.1. The maximum Gasteiger partial charge on any atom is 0.168 e. The number of hydrogen-bond donors (Lipinski definition) is 0. The topological polar surface area (TPSA) is 30.7 Å². The molecular formula is C82H51N3S. The highest BCUT2D eigenvalue weighted by Gasteiger charge is 2.53. The average molecular weight is 1110 g/mol. The van der Waals surface area contributed by atoms with Crippen LogP contribution in [0, 0.1) is 0 Å². The van der Waals surface area contributed by atoms with Crippen molar-refractivity contribution in [2.45, 2.75) is 23.2 Å². The largest absolute Gasteiger partial charge is 0.275 e. The van der Waals surface area contributed by atoms with Gasteiger partial charge in [-0.15, -0.1) is 21.5 Å². The van der Waals surface area contributed by atoms with Crippen molar-refractivity contribution in [1.82, 2.24) is 14.8 Å². The van der Waals surface area contributed by atoms with Crippen molar-refractivity contribution in [3.8, 4) is 95.2 Å². The zero-order valence-corrected chi connectivity index (χ0v) is 47.6. The van der Waals surface area contributed by atoms with Gasteiger partial charge in [-0.3, -0.25) is 4.57 Å². The van der Waals surface area contributed by atoms with E-state index in [1.54, 1.807) is 0 Å². The Morgan fingerprint density at radius 2 is 0.756 bits per heavy atom. The van der Waals surface area contributed by atoms with Crippen LogP contribution in [0.15, 0.2) is 285 Å². The third-order valence-electron chi connectivity index (χ3n) is 19.8. The molecule has 0 aliphatic heterocycles. The van der Waals surface area contributed by atoms with Gasteiger partial charge in [0.2, 0.25) is 0 Å². The highest BCUT2D eigenvalue weighted by atomic mass is 32.1. The zero-order chi connectivity index (χ0) is 56.2. The molecule has 86 heavy (non-hydrogen) atoms. The molecule has 2 spiro atoms. The Kier molecular flexibility index (Phi) is 10.0. The normalized spacial score (nSPS) is 15.2. The Bertz CT molecular complexity index is 5090. The molecule has 0 N–H and O–H groups in total. The third kappa shape index (κ3) is 6.41. The lowest BCUT2D eigenvalue weighted by Gasteiger charge is -2.31. The molecular weight excluding hydrogens is 1060 g/mol. The first kappa shape index (κ1) is 47.9. The average Bonchev–Trinajstić information content (AvgIpc) is 1.53. The van der Waals surface area contributed by atoms with Crippen molar-refractivity contribution < 1.29 is 0 Å².